The molecule has 2 aliphatic rings. The highest BCUT2D eigenvalue weighted by Crippen LogP contribution is 2.51. The summed E-state index contributed by atoms with van der Waals surface area (Å²) in [6.45, 7) is 8.18. The van der Waals surface area contributed by atoms with E-state index in [1.165, 1.54) is 19.3 Å². The highest BCUT2D eigenvalue weighted by atomic mass is 16.5. The molecule has 2 fully saturated rings. The van der Waals surface area contributed by atoms with Gasteiger partial charge in [0.1, 0.15) is 0 Å². The van der Waals surface area contributed by atoms with E-state index < -0.39 is 0 Å². The minimum absolute atomic E-state index is 0.0130. The summed E-state index contributed by atoms with van der Waals surface area (Å²) >= 11 is 0. The van der Waals surface area contributed by atoms with Crippen LogP contribution in [0.3, 0.4) is 0 Å². The summed E-state index contributed by atoms with van der Waals surface area (Å²) in [5.74, 6) is 0.906. The normalized spacial score (nSPS) is 29.3. The molecule has 0 bridgehead atoms. The maximum Gasteiger partial charge on any atom is 0.308 e. The van der Waals surface area contributed by atoms with Gasteiger partial charge >= 0.3 is 5.97 Å². The van der Waals surface area contributed by atoms with Gasteiger partial charge in [-0.2, -0.15) is 0 Å². The Morgan fingerprint density at radius 3 is 2.68 bits per heavy atom. The number of nitrogens with one attached hydrogen (secondary N) is 1. The zero-order valence-electron chi connectivity index (χ0n) is 12.7. The molecule has 0 aliphatic heterocycles. The lowest BCUT2D eigenvalue weighted by atomic mass is 9.85. The molecule has 0 spiro atoms. The molecule has 0 saturated heterocycles. The first-order valence-corrected chi connectivity index (χ1v) is 7.97. The lowest BCUT2D eigenvalue weighted by Gasteiger charge is -2.31. The number of carbonyl (C=O) groups is 1. The molecule has 0 amide bonds. The Bertz CT molecular complexity index is 310. The monoisotopic (exact) mass is 267 g/mol. The van der Waals surface area contributed by atoms with Crippen LogP contribution in [0.5, 0.6) is 0 Å². The minimum atomic E-state index is 0.0130. The maximum absolute atomic E-state index is 11.8. The van der Waals surface area contributed by atoms with E-state index in [4.69, 9.17) is 4.74 Å². The molecular weight excluding hydrogens is 238 g/mol. The molecule has 0 radical (unpaired) electrons. The fourth-order valence-corrected chi connectivity index (χ4v) is 3.32. The van der Waals surface area contributed by atoms with Gasteiger partial charge in [-0.1, -0.05) is 20.3 Å². The first-order chi connectivity index (χ1) is 9.07. The van der Waals surface area contributed by atoms with Gasteiger partial charge in [-0.25, -0.2) is 0 Å². The summed E-state index contributed by atoms with van der Waals surface area (Å²) in [6, 6.07) is 0.513. The van der Waals surface area contributed by atoms with E-state index >= 15 is 0 Å². The van der Waals surface area contributed by atoms with E-state index in [0.29, 0.717) is 18.1 Å². The van der Waals surface area contributed by atoms with Crippen molar-refractivity contribution in [3.63, 3.8) is 0 Å². The molecule has 2 saturated carbocycles. The molecule has 2 rings (SSSR count). The summed E-state index contributed by atoms with van der Waals surface area (Å²) in [5.41, 5.74) is 0.552. The topological polar surface area (TPSA) is 38.3 Å². The average molecular weight is 267 g/mol. The van der Waals surface area contributed by atoms with E-state index in [1.54, 1.807) is 0 Å². The van der Waals surface area contributed by atoms with Crippen molar-refractivity contribution in [2.24, 2.45) is 17.3 Å². The van der Waals surface area contributed by atoms with Gasteiger partial charge in [0, 0.05) is 12.6 Å². The molecule has 1 N–H and O–H groups in total. The zero-order valence-corrected chi connectivity index (χ0v) is 12.7. The van der Waals surface area contributed by atoms with Crippen LogP contribution in [-0.2, 0) is 9.53 Å². The van der Waals surface area contributed by atoms with Crippen molar-refractivity contribution < 1.29 is 9.53 Å². The number of carbonyl (C=O) groups excluding carboxylic acids is 1. The third-order valence-electron chi connectivity index (χ3n) is 5.15. The average Bonchev–Trinajstić information content (AvgIpc) is 3.18. The van der Waals surface area contributed by atoms with Crippen LogP contribution < -0.4 is 5.32 Å². The predicted molar refractivity (Wildman–Crippen MR) is 76.9 cm³/mol. The first-order valence-electron chi connectivity index (χ1n) is 7.97. The van der Waals surface area contributed by atoms with Crippen LogP contribution in [0.2, 0.25) is 0 Å². The summed E-state index contributed by atoms with van der Waals surface area (Å²) in [4.78, 5) is 11.8. The third kappa shape index (κ3) is 3.71. The van der Waals surface area contributed by atoms with Gasteiger partial charge in [0.2, 0.25) is 0 Å². The van der Waals surface area contributed by atoms with Crippen molar-refractivity contribution in [3.05, 3.63) is 0 Å². The summed E-state index contributed by atoms with van der Waals surface area (Å²) in [6.07, 6.45) is 7.07. The van der Waals surface area contributed by atoms with E-state index in [9.17, 15) is 4.79 Å². The van der Waals surface area contributed by atoms with E-state index in [2.05, 4.69) is 19.2 Å². The van der Waals surface area contributed by atoms with Gasteiger partial charge in [-0.05, 0) is 50.4 Å². The lowest BCUT2D eigenvalue weighted by molar-refractivity contribution is -0.149. The molecule has 3 heteroatoms. The lowest BCUT2D eigenvalue weighted by Crippen LogP contribution is -2.40. The van der Waals surface area contributed by atoms with Gasteiger partial charge < -0.3 is 10.1 Å². The summed E-state index contributed by atoms with van der Waals surface area (Å²) in [7, 11) is 0. The molecule has 0 heterocycles. The van der Waals surface area contributed by atoms with Crippen LogP contribution in [-0.4, -0.2) is 25.2 Å². The van der Waals surface area contributed by atoms with Crippen molar-refractivity contribution in [2.45, 2.75) is 65.3 Å². The molecule has 3 nitrogen and oxygen atoms in total. The standard InChI is InChI=1S/C16H29NO2/c1-4-19-15(18)13-6-5-7-14(10-13)17-11-16(8-9-16)12(2)3/h12-14,17H,4-11H2,1-3H3. The van der Waals surface area contributed by atoms with Crippen LogP contribution in [0.4, 0.5) is 0 Å². The van der Waals surface area contributed by atoms with Crippen molar-refractivity contribution in [2.75, 3.05) is 13.2 Å². The molecule has 0 aromatic heterocycles. The second kappa shape index (κ2) is 6.25. The Labute approximate surface area is 117 Å². The predicted octanol–water partition coefficient (Wildman–Crippen LogP) is 3.13. The van der Waals surface area contributed by atoms with Gasteiger partial charge in [0.05, 0.1) is 12.5 Å². The fourth-order valence-electron chi connectivity index (χ4n) is 3.32. The van der Waals surface area contributed by atoms with Gasteiger partial charge in [-0.3, -0.25) is 4.79 Å². The smallest absolute Gasteiger partial charge is 0.308 e. The van der Waals surface area contributed by atoms with Crippen LogP contribution in [0.1, 0.15) is 59.3 Å². The number of hydrogen-bond donors (Lipinski definition) is 1. The fraction of sp³-hybridized carbons (Fsp3) is 0.938. The van der Waals surface area contributed by atoms with Crippen molar-refractivity contribution in [1.82, 2.24) is 5.32 Å². The molecule has 2 atom stereocenters. The van der Waals surface area contributed by atoms with Gasteiger partial charge in [0.25, 0.3) is 0 Å². The molecule has 2 aliphatic carbocycles. The van der Waals surface area contributed by atoms with Crippen molar-refractivity contribution >= 4 is 5.97 Å². The van der Waals surface area contributed by atoms with Crippen LogP contribution in [0, 0.1) is 17.3 Å². The Hall–Kier alpha value is -0.570. The van der Waals surface area contributed by atoms with Crippen molar-refractivity contribution in [3.8, 4) is 0 Å². The Morgan fingerprint density at radius 1 is 1.37 bits per heavy atom. The molecule has 0 aromatic rings. The Balaban J connectivity index is 1.77. The number of rotatable bonds is 6. The van der Waals surface area contributed by atoms with Gasteiger partial charge in [0.15, 0.2) is 0 Å². The maximum atomic E-state index is 11.8. The number of esters is 1. The van der Waals surface area contributed by atoms with Gasteiger partial charge in [-0.15, -0.1) is 0 Å². The van der Waals surface area contributed by atoms with E-state index in [-0.39, 0.29) is 11.9 Å². The molecule has 110 valence electrons. The zero-order chi connectivity index (χ0) is 13.9. The highest BCUT2D eigenvalue weighted by Gasteiger charge is 2.45. The number of hydrogen-bond acceptors (Lipinski definition) is 3. The second-order valence-electron chi connectivity index (χ2n) is 6.71. The molecule has 2 unspecified atom stereocenters. The quantitative estimate of drug-likeness (QED) is 0.751. The summed E-state index contributed by atoms with van der Waals surface area (Å²) in [5, 5.41) is 3.72. The third-order valence-corrected chi connectivity index (χ3v) is 5.15. The minimum Gasteiger partial charge on any atom is -0.466 e. The molecular formula is C16H29NO2. The Kier molecular flexibility index (Phi) is 4.88. The van der Waals surface area contributed by atoms with Crippen LogP contribution in [0.15, 0.2) is 0 Å². The number of ether oxygens (including phenoxy) is 1. The molecule has 0 aromatic carbocycles. The summed E-state index contributed by atoms with van der Waals surface area (Å²) < 4.78 is 5.16. The second-order valence-corrected chi connectivity index (χ2v) is 6.71. The van der Waals surface area contributed by atoms with E-state index in [1.807, 2.05) is 6.92 Å². The molecule has 19 heavy (non-hydrogen) atoms. The Morgan fingerprint density at radius 2 is 2.11 bits per heavy atom. The SMILES string of the molecule is CCOC(=O)C1CCCC(NCC2(C(C)C)CC2)C1. The van der Waals surface area contributed by atoms with Crippen LogP contribution in [0.25, 0.3) is 0 Å². The van der Waals surface area contributed by atoms with Crippen molar-refractivity contribution in [1.29, 1.82) is 0 Å². The largest absolute Gasteiger partial charge is 0.466 e. The highest BCUT2D eigenvalue weighted by molar-refractivity contribution is 5.72. The van der Waals surface area contributed by atoms with Crippen LogP contribution >= 0.6 is 0 Å². The first kappa shape index (κ1) is 14.8. The van der Waals surface area contributed by atoms with E-state index in [0.717, 1.165) is 31.7 Å².